The van der Waals surface area contributed by atoms with Crippen LogP contribution in [-0.2, 0) is 6.42 Å². The van der Waals surface area contributed by atoms with Crippen LogP contribution in [0.4, 0.5) is 0 Å². The van der Waals surface area contributed by atoms with E-state index in [2.05, 4.69) is 56.9 Å². The highest BCUT2D eigenvalue weighted by Crippen LogP contribution is 2.46. The third-order valence-electron chi connectivity index (χ3n) is 4.20. The van der Waals surface area contributed by atoms with Crippen LogP contribution < -0.4 is 0 Å². The molecule has 0 nitrogen and oxygen atoms in total. The molecule has 0 bridgehead atoms. The Morgan fingerprint density at radius 2 is 1.84 bits per heavy atom. The summed E-state index contributed by atoms with van der Waals surface area (Å²) in [6.07, 6.45) is 6.70. The Morgan fingerprint density at radius 3 is 2.42 bits per heavy atom. The van der Waals surface area contributed by atoms with Gasteiger partial charge in [-0.3, -0.25) is 0 Å². The molecule has 1 aromatic carbocycles. The molecule has 1 aliphatic rings. The lowest BCUT2D eigenvalue weighted by atomic mass is 10.1. The topological polar surface area (TPSA) is 0 Å². The van der Waals surface area contributed by atoms with E-state index in [1.165, 1.54) is 37.7 Å². The molecule has 1 unspecified atom stereocenters. The lowest BCUT2D eigenvalue weighted by Gasteiger charge is -2.21. The zero-order valence-electron chi connectivity index (χ0n) is 13.0. The fraction of sp³-hybridized carbons (Fsp3) is 0.556. The average molecular weight is 273 g/mol. The van der Waals surface area contributed by atoms with Gasteiger partial charge in [-0.15, -0.1) is 0 Å². The van der Waals surface area contributed by atoms with Gasteiger partial charge < -0.3 is 0 Å². The minimum atomic E-state index is -1.10. The summed E-state index contributed by atoms with van der Waals surface area (Å²) in [7, 11) is -1.10. The van der Waals surface area contributed by atoms with Crippen LogP contribution in [0.25, 0.3) is 0 Å². The molecule has 0 spiro atoms. The minimum Gasteiger partial charge on any atom is -0.0815 e. The SMILES string of the molecule is CCCC/C(=C1\CC1Cc1ccccc1)[Si](C)(C)C. The number of unbranched alkanes of at least 4 members (excludes halogenated alkanes) is 1. The summed E-state index contributed by atoms with van der Waals surface area (Å²) in [5.74, 6) is 0.862. The van der Waals surface area contributed by atoms with Crippen LogP contribution in [0, 0.1) is 5.92 Å². The lowest BCUT2D eigenvalue weighted by molar-refractivity contribution is 0.796. The maximum absolute atomic E-state index is 2.52. The van der Waals surface area contributed by atoms with E-state index in [4.69, 9.17) is 0 Å². The van der Waals surface area contributed by atoms with Gasteiger partial charge in [0.15, 0.2) is 0 Å². The first-order valence-corrected chi connectivity index (χ1v) is 11.3. The monoisotopic (exact) mass is 272 g/mol. The lowest BCUT2D eigenvalue weighted by Crippen LogP contribution is -2.24. The molecule has 1 fully saturated rings. The van der Waals surface area contributed by atoms with Gasteiger partial charge in [0.1, 0.15) is 0 Å². The molecule has 1 saturated carbocycles. The van der Waals surface area contributed by atoms with E-state index in [0.717, 1.165) is 5.92 Å². The Labute approximate surface area is 119 Å². The van der Waals surface area contributed by atoms with Crippen molar-refractivity contribution in [3.8, 4) is 0 Å². The van der Waals surface area contributed by atoms with Gasteiger partial charge in [0, 0.05) is 0 Å². The highest BCUT2D eigenvalue weighted by atomic mass is 28.3. The molecule has 0 saturated heterocycles. The van der Waals surface area contributed by atoms with E-state index in [-0.39, 0.29) is 0 Å². The van der Waals surface area contributed by atoms with Gasteiger partial charge in [0.05, 0.1) is 8.07 Å². The van der Waals surface area contributed by atoms with Gasteiger partial charge >= 0.3 is 0 Å². The van der Waals surface area contributed by atoms with Crippen LogP contribution in [0.2, 0.25) is 19.6 Å². The van der Waals surface area contributed by atoms with Gasteiger partial charge in [0.25, 0.3) is 0 Å². The van der Waals surface area contributed by atoms with Gasteiger partial charge in [-0.25, -0.2) is 0 Å². The third kappa shape index (κ3) is 4.07. The highest BCUT2D eigenvalue weighted by molar-refractivity contribution is 6.83. The van der Waals surface area contributed by atoms with Crippen molar-refractivity contribution < 1.29 is 0 Å². The smallest absolute Gasteiger partial charge is 0.0723 e. The molecule has 0 heterocycles. The molecular formula is C18H28Si. The Bertz CT molecular complexity index is 437. The minimum absolute atomic E-state index is 0.862. The fourth-order valence-electron chi connectivity index (χ4n) is 3.04. The van der Waals surface area contributed by atoms with Crippen molar-refractivity contribution in [2.45, 2.75) is 58.7 Å². The summed E-state index contributed by atoms with van der Waals surface area (Å²) in [6, 6.07) is 11.0. The van der Waals surface area contributed by atoms with Crippen molar-refractivity contribution in [1.29, 1.82) is 0 Å². The van der Waals surface area contributed by atoms with Crippen molar-refractivity contribution in [3.63, 3.8) is 0 Å². The van der Waals surface area contributed by atoms with Crippen molar-refractivity contribution >= 4 is 8.07 Å². The number of hydrogen-bond acceptors (Lipinski definition) is 0. The number of hydrogen-bond donors (Lipinski definition) is 0. The molecular weight excluding hydrogens is 244 g/mol. The van der Waals surface area contributed by atoms with E-state index in [0.29, 0.717) is 0 Å². The third-order valence-corrected chi connectivity index (χ3v) is 6.58. The zero-order valence-corrected chi connectivity index (χ0v) is 14.0. The summed E-state index contributed by atoms with van der Waals surface area (Å²) in [6.45, 7) is 9.86. The van der Waals surface area contributed by atoms with Crippen LogP contribution in [0.5, 0.6) is 0 Å². The second-order valence-corrected chi connectivity index (χ2v) is 12.1. The van der Waals surface area contributed by atoms with Gasteiger partial charge in [0.2, 0.25) is 0 Å². The largest absolute Gasteiger partial charge is 0.0815 e. The Hall–Kier alpha value is -0.823. The normalized spacial score (nSPS) is 21.4. The van der Waals surface area contributed by atoms with E-state index in [1.807, 2.05) is 10.8 Å². The van der Waals surface area contributed by atoms with Gasteiger partial charge in [-0.05, 0) is 30.7 Å². The molecule has 0 aliphatic heterocycles. The second kappa shape index (κ2) is 6.09. The second-order valence-electron chi connectivity index (χ2n) is 6.95. The summed E-state index contributed by atoms with van der Waals surface area (Å²) in [5, 5.41) is 1.88. The van der Waals surface area contributed by atoms with E-state index in [1.54, 1.807) is 0 Å². The Kier molecular flexibility index (Phi) is 4.67. The molecule has 0 radical (unpaired) electrons. The maximum Gasteiger partial charge on any atom is 0.0723 e. The van der Waals surface area contributed by atoms with E-state index >= 15 is 0 Å². The van der Waals surface area contributed by atoms with Crippen LogP contribution in [0.15, 0.2) is 41.1 Å². The van der Waals surface area contributed by atoms with Crippen LogP contribution in [0.3, 0.4) is 0 Å². The molecule has 19 heavy (non-hydrogen) atoms. The standard InChI is InChI=1S/C18H28Si/c1-5-6-12-18(19(2,3)4)17-14-16(17)13-15-10-8-7-9-11-15/h7-11,16H,5-6,12-14H2,1-4H3/b18-17-. The van der Waals surface area contributed by atoms with E-state index in [9.17, 15) is 0 Å². The molecule has 0 amide bonds. The van der Waals surface area contributed by atoms with Crippen molar-refractivity contribution in [1.82, 2.24) is 0 Å². The number of allylic oxidation sites excluding steroid dienone is 2. The summed E-state index contributed by atoms with van der Waals surface area (Å²) < 4.78 is 0. The molecule has 1 aliphatic carbocycles. The fourth-order valence-corrected chi connectivity index (χ4v) is 5.24. The maximum atomic E-state index is 2.52. The number of rotatable bonds is 6. The quantitative estimate of drug-likeness (QED) is 0.590. The number of benzene rings is 1. The van der Waals surface area contributed by atoms with Gasteiger partial charge in [-0.2, -0.15) is 0 Å². The molecule has 1 atom stereocenters. The van der Waals surface area contributed by atoms with Crippen molar-refractivity contribution in [2.75, 3.05) is 0 Å². The Balaban J connectivity index is 2.06. The molecule has 2 rings (SSSR count). The molecule has 1 aromatic rings. The van der Waals surface area contributed by atoms with Crippen molar-refractivity contribution in [3.05, 3.63) is 46.7 Å². The molecule has 0 N–H and O–H groups in total. The van der Waals surface area contributed by atoms with Crippen LogP contribution >= 0.6 is 0 Å². The Morgan fingerprint density at radius 1 is 1.16 bits per heavy atom. The summed E-state index contributed by atoms with van der Waals surface area (Å²) >= 11 is 0. The zero-order chi connectivity index (χ0) is 13.9. The van der Waals surface area contributed by atoms with Crippen molar-refractivity contribution in [2.24, 2.45) is 5.92 Å². The first-order valence-electron chi connectivity index (χ1n) is 7.78. The first kappa shape index (κ1) is 14.6. The molecule has 0 aromatic heterocycles. The molecule has 1 heteroatoms. The summed E-state index contributed by atoms with van der Waals surface area (Å²) in [4.78, 5) is 0. The predicted molar refractivity (Wildman–Crippen MR) is 88.2 cm³/mol. The van der Waals surface area contributed by atoms with Crippen LogP contribution in [-0.4, -0.2) is 8.07 Å². The predicted octanol–water partition coefficient (Wildman–Crippen LogP) is 5.61. The average Bonchev–Trinajstić information content (AvgIpc) is 3.08. The summed E-state index contributed by atoms with van der Waals surface area (Å²) in [5.41, 5.74) is 3.34. The highest BCUT2D eigenvalue weighted by Gasteiger charge is 2.36. The van der Waals surface area contributed by atoms with E-state index < -0.39 is 8.07 Å². The van der Waals surface area contributed by atoms with Crippen LogP contribution in [0.1, 0.15) is 38.2 Å². The van der Waals surface area contributed by atoms with Gasteiger partial charge in [-0.1, -0.05) is 80.5 Å². The molecule has 104 valence electrons. The first-order chi connectivity index (χ1) is 9.02.